The molecule has 1 aromatic heterocycles. The number of nitrogens with zero attached hydrogens (tertiary/aromatic N) is 1. The number of para-hydroxylation sites is 1. The number of H-pyrrole nitrogens is 1. The number of aromatic amines is 1. The van der Waals surface area contributed by atoms with Crippen molar-refractivity contribution in [3.8, 4) is 0 Å². The Morgan fingerprint density at radius 3 is 2.71 bits per heavy atom. The second-order valence-electron chi connectivity index (χ2n) is 8.83. The first-order valence-electron chi connectivity index (χ1n) is 10.6. The van der Waals surface area contributed by atoms with Gasteiger partial charge < -0.3 is 24.7 Å². The lowest BCUT2D eigenvalue weighted by molar-refractivity contribution is -0.153. The molecule has 1 aliphatic heterocycles. The molecule has 8 nitrogen and oxygen atoms in total. The maximum absolute atomic E-state index is 13.3. The fraction of sp³-hybridized carbons (Fsp3) is 0.522. The molecule has 2 amide bonds. The molecular weight excluding hydrogens is 398 g/mol. The number of carbonyl (C=O) groups is 3. The lowest BCUT2D eigenvalue weighted by atomic mass is 10.0. The van der Waals surface area contributed by atoms with Crippen LogP contribution in [0.2, 0.25) is 0 Å². The van der Waals surface area contributed by atoms with Crippen LogP contribution < -0.4 is 5.32 Å². The Bertz CT molecular complexity index is 946. The van der Waals surface area contributed by atoms with E-state index in [1.54, 1.807) is 25.7 Å². The first-order chi connectivity index (χ1) is 14.7. The number of hydrogen-bond acceptors (Lipinski definition) is 5. The zero-order valence-corrected chi connectivity index (χ0v) is 18.6. The van der Waals surface area contributed by atoms with Crippen LogP contribution in [0.3, 0.4) is 0 Å². The molecule has 8 heteroatoms. The average molecular weight is 430 g/mol. The highest BCUT2D eigenvalue weighted by atomic mass is 16.6. The zero-order chi connectivity index (χ0) is 22.6. The van der Waals surface area contributed by atoms with E-state index in [9.17, 15) is 14.4 Å². The summed E-state index contributed by atoms with van der Waals surface area (Å²) in [6, 6.07) is 6.29. The summed E-state index contributed by atoms with van der Waals surface area (Å²) >= 11 is 0. The van der Waals surface area contributed by atoms with Gasteiger partial charge in [0.1, 0.15) is 17.7 Å². The second-order valence-corrected chi connectivity index (χ2v) is 8.83. The molecule has 2 heterocycles. The van der Waals surface area contributed by atoms with Crippen LogP contribution in [0.5, 0.6) is 0 Å². The lowest BCUT2D eigenvalue weighted by Gasteiger charge is -2.31. The summed E-state index contributed by atoms with van der Waals surface area (Å²) in [6.07, 6.45) is 3.53. The summed E-state index contributed by atoms with van der Waals surface area (Å²) in [5, 5.41) is 3.69. The van der Waals surface area contributed by atoms with Crippen LogP contribution in [0.25, 0.3) is 10.9 Å². The van der Waals surface area contributed by atoms with E-state index >= 15 is 0 Å². The summed E-state index contributed by atoms with van der Waals surface area (Å²) in [5.41, 5.74) is 1.23. The highest BCUT2D eigenvalue weighted by Gasteiger charge is 2.37. The number of amides is 2. The number of rotatable bonds is 5. The highest BCUT2D eigenvalue weighted by molar-refractivity contribution is 5.91. The van der Waals surface area contributed by atoms with Crippen molar-refractivity contribution in [3.05, 3.63) is 36.0 Å². The van der Waals surface area contributed by atoms with E-state index in [4.69, 9.17) is 9.47 Å². The first-order valence-corrected chi connectivity index (χ1v) is 10.6. The Labute approximate surface area is 182 Å². The number of ether oxygens (including phenoxy) is 2. The van der Waals surface area contributed by atoms with Crippen molar-refractivity contribution in [1.82, 2.24) is 15.2 Å². The molecule has 2 aromatic rings. The van der Waals surface area contributed by atoms with E-state index < -0.39 is 29.7 Å². The minimum atomic E-state index is -0.780. The third kappa shape index (κ3) is 5.57. The second kappa shape index (κ2) is 9.41. The van der Waals surface area contributed by atoms with Crippen molar-refractivity contribution >= 4 is 28.9 Å². The molecule has 1 aliphatic rings. The molecule has 0 radical (unpaired) electrons. The molecule has 2 N–H and O–H groups in total. The third-order valence-electron chi connectivity index (χ3n) is 5.35. The number of nitrogens with one attached hydrogen (secondary N) is 2. The van der Waals surface area contributed by atoms with Crippen LogP contribution in [0, 0.1) is 0 Å². The predicted molar refractivity (Wildman–Crippen MR) is 117 cm³/mol. The third-order valence-corrected chi connectivity index (χ3v) is 5.35. The van der Waals surface area contributed by atoms with Crippen LogP contribution in [-0.2, 0) is 25.5 Å². The van der Waals surface area contributed by atoms with Crippen molar-refractivity contribution < 1.29 is 23.9 Å². The van der Waals surface area contributed by atoms with Crippen LogP contribution in [0.4, 0.5) is 4.79 Å². The maximum atomic E-state index is 13.3. The van der Waals surface area contributed by atoms with E-state index in [1.165, 1.54) is 7.11 Å². The number of methoxy groups -OCH3 is 1. The number of aromatic nitrogens is 1. The number of fused-ring (bicyclic) bond motifs is 1. The molecule has 3 rings (SSSR count). The van der Waals surface area contributed by atoms with Crippen molar-refractivity contribution in [2.24, 2.45) is 0 Å². The van der Waals surface area contributed by atoms with Gasteiger partial charge in [-0.15, -0.1) is 0 Å². The lowest BCUT2D eigenvalue weighted by Crippen LogP contribution is -2.54. The molecule has 31 heavy (non-hydrogen) atoms. The Kier molecular flexibility index (Phi) is 6.87. The van der Waals surface area contributed by atoms with Crippen LogP contribution in [0.15, 0.2) is 30.5 Å². The van der Waals surface area contributed by atoms with Gasteiger partial charge in [-0.25, -0.2) is 9.59 Å². The minimum Gasteiger partial charge on any atom is -0.467 e. The number of benzene rings is 1. The molecule has 0 saturated carbocycles. The highest BCUT2D eigenvalue weighted by Crippen LogP contribution is 2.23. The van der Waals surface area contributed by atoms with Gasteiger partial charge in [0.25, 0.3) is 0 Å². The Balaban J connectivity index is 1.83. The Hall–Kier alpha value is -3.03. The van der Waals surface area contributed by atoms with E-state index in [0.717, 1.165) is 29.3 Å². The molecule has 0 bridgehead atoms. The maximum Gasteiger partial charge on any atom is 0.408 e. The average Bonchev–Trinajstić information content (AvgIpc) is 3.03. The quantitative estimate of drug-likeness (QED) is 0.711. The van der Waals surface area contributed by atoms with Crippen molar-refractivity contribution in [2.75, 3.05) is 13.7 Å². The SMILES string of the molecule is COC(=O)C(Cc1c[nH]c2ccccc12)N1CCCCC(NC(=O)OC(C)(C)C)C1=O. The monoisotopic (exact) mass is 429 g/mol. The largest absolute Gasteiger partial charge is 0.467 e. The molecule has 2 atom stereocenters. The Morgan fingerprint density at radius 1 is 1.26 bits per heavy atom. The normalized spacial score (nSPS) is 18.4. The molecule has 1 saturated heterocycles. The van der Waals surface area contributed by atoms with Gasteiger partial charge >= 0.3 is 12.1 Å². The van der Waals surface area contributed by atoms with Crippen molar-refractivity contribution in [3.63, 3.8) is 0 Å². The van der Waals surface area contributed by atoms with Gasteiger partial charge in [0, 0.05) is 30.1 Å². The minimum absolute atomic E-state index is 0.293. The number of carbonyl (C=O) groups excluding carboxylic acids is 3. The van der Waals surface area contributed by atoms with Crippen molar-refractivity contribution in [1.29, 1.82) is 0 Å². The van der Waals surface area contributed by atoms with Gasteiger partial charge in [-0.3, -0.25) is 4.79 Å². The number of likely N-dealkylation sites (tertiary alicyclic amines) is 1. The number of alkyl carbamates (subject to hydrolysis) is 1. The van der Waals surface area contributed by atoms with Gasteiger partial charge in [0.15, 0.2) is 0 Å². The van der Waals surface area contributed by atoms with E-state index in [-0.39, 0.29) is 5.91 Å². The topological polar surface area (TPSA) is 101 Å². The van der Waals surface area contributed by atoms with E-state index in [1.807, 2.05) is 30.5 Å². The molecule has 0 aliphatic carbocycles. The van der Waals surface area contributed by atoms with Gasteiger partial charge in [-0.1, -0.05) is 18.2 Å². The van der Waals surface area contributed by atoms with Crippen LogP contribution in [-0.4, -0.2) is 59.2 Å². The van der Waals surface area contributed by atoms with Crippen LogP contribution in [0.1, 0.15) is 45.6 Å². The molecular formula is C23H31N3O5. The molecule has 1 fully saturated rings. The van der Waals surface area contributed by atoms with Crippen LogP contribution >= 0.6 is 0 Å². The first kappa shape index (κ1) is 22.7. The smallest absolute Gasteiger partial charge is 0.408 e. The summed E-state index contributed by atoms with van der Waals surface area (Å²) < 4.78 is 10.4. The van der Waals surface area contributed by atoms with Gasteiger partial charge in [-0.2, -0.15) is 0 Å². The summed E-state index contributed by atoms with van der Waals surface area (Å²) in [4.78, 5) is 43.1. The van der Waals surface area contributed by atoms with E-state index in [2.05, 4.69) is 10.3 Å². The summed E-state index contributed by atoms with van der Waals surface area (Å²) in [5.74, 6) is -0.768. The molecule has 168 valence electrons. The number of hydrogen-bond donors (Lipinski definition) is 2. The fourth-order valence-corrected chi connectivity index (χ4v) is 3.92. The van der Waals surface area contributed by atoms with Crippen molar-refractivity contribution in [2.45, 2.75) is 64.1 Å². The standard InChI is InChI=1S/C23H31N3O5/c1-23(2,3)31-22(29)25-18-11-7-8-12-26(20(18)27)19(21(28)30-4)13-15-14-24-17-10-6-5-9-16(15)17/h5-6,9-10,14,18-19,24H,7-8,11-13H2,1-4H3,(H,25,29). The summed E-state index contributed by atoms with van der Waals surface area (Å²) in [7, 11) is 1.32. The molecule has 1 aromatic carbocycles. The Morgan fingerprint density at radius 2 is 2.00 bits per heavy atom. The van der Waals surface area contributed by atoms with Gasteiger partial charge in [0.05, 0.1) is 7.11 Å². The fourth-order valence-electron chi connectivity index (χ4n) is 3.92. The van der Waals surface area contributed by atoms with Gasteiger partial charge in [-0.05, 0) is 51.7 Å². The summed E-state index contributed by atoms with van der Waals surface area (Å²) in [6.45, 7) is 5.72. The van der Waals surface area contributed by atoms with Gasteiger partial charge in [0.2, 0.25) is 5.91 Å². The predicted octanol–water partition coefficient (Wildman–Crippen LogP) is 3.16. The van der Waals surface area contributed by atoms with E-state index in [0.29, 0.717) is 19.4 Å². The number of esters is 1. The molecule has 0 spiro atoms. The zero-order valence-electron chi connectivity index (χ0n) is 18.6. The molecule has 2 unspecified atom stereocenters.